The molecule has 1 heterocycles. The van der Waals surface area contributed by atoms with Crippen LogP contribution in [0.15, 0.2) is 0 Å². The third-order valence-electron chi connectivity index (χ3n) is 1.42. The standard InChI is InChI=1S/C6H7N3O4/c1-2-9-4(6(12)13)3(5(10)11)7-8-9/h2H2,1H3,(H,10,11)(H,12,13)/p-2. The summed E-state index contributed by atoms with van der Waals surface area (Å²) in [6, 6.07) is 0. The Bertz CT molecular complexity index is 357. The maximum atomic E-state index is 10.5. The quantitative estimate of drug-likeness (QED) is 0.494. The lowest BCUT2D eigenvalue weighted by molar-refractivity contribution is -0.260. The van der Waals surface area contributed by atoms with Gasteiger partial charge in [-0.25, -0.2) is 4.68 Å². The maximum absolute atomic E-state index is 10.5. The molecule has 0 spiro atoms. The van der Waals surface area contributed by atoms with Gasteiger partial charge in [0, 0.05) is 6.54 Å². The minimum atomic E-state index is -1.68. The number of rotatable bonds is 3. The zero-order valence-electron chi connectivity index (χ0n) is 6.68. The van der Waals surface area contributed by atoms with Crippen molar-refractivity contribution in [3.8, 4) is 0 Å². The zero-order chi connectivity index (χ0) is 10.0. The fourth-order valence-electron chi connectivity index (χ4n) is 0.874. The van der Waals surface area contributed by atoms with Gasteiger partial charge >= 0.3 is 0 Å². The average Bonchev–Trinajstić information content (AvgIpc) is 2.46. The van der Waals surface area contributed by atoms with Crippen LogP contribution in [0.4, 0.5) is 0 Å². The van der Waals surface area contributed by atoms with Crippen LogP contribution in [0.1, 0.15) is 27.9 Å². The molecule has 70 valence electrons. The van der Waals surface area contributed by atoms with Crippen LogP contribution in [-0.4, -0.2) is 26.9 Å². The van der Waals surface area contributed by atoms with E-state index in [1.165, 1.54) is 0 Å². The molecule has 1 rings (SSSR count). The molecule has 0 aliphatic rings. The summed E-state index contributed by atoms with van der Waals surface area (Å²) in [5.74, 6) is -3.31. The van der Waals surface area contributed by atoms with E-state index in [-0.39, 0.29) is 6.54 Å². The Labute approximate surface area is 72.6 Å². The van der Waals surface area contributed by atoms with Crippen molar-refractivity contribution in [3.05, 3.63) is 11.4 Å². The van der Waals surface area contributed by atoms with Gasteiger partial charge < -0.3 is 19.8 Å². The number of carbonyl (C=O) groups is 2. The Hall–Kier alpha value is -1.92. The normalized spacial score (nSPS) is 9.92. The van der Waals surface area contributed by atoms with Crippen molar-refractivity contribution in [3.63, 3.8) is 0 Å². The average molecular weight is 183 g/mol. The van der Waals surface area contributed by atoms with E-state index in [4.69, 9.17) is 0 Å². The molecular formula is C6H5N3O4-2. The van der Waals surface area contributed by atoms with Crippen LogP contribution in [0.25, 0.3) is 0 Å². The van der Waals surface area contributed by atoms with Gasteiger partial charge in [0.15, 0.2) is 0 Å². The highest BCUT2D eigenvalue weighted by Gasteiger charge is 2.13. The Morgan fingerprint density at radius 2 is 2.00 bits per heavy atom. The van der Waals surface area contributed by atoms with Crippen molar-refractivity contribution >= 4 is 11.9 Å². The van der Waals surface area contributed by atoms with E-state index in [1.54, 1.807) is 6.92 Å². The number of aromatic carboxylic acids is 2. The van der Waals surface area contributed by atoms with Gasteiger partial charge in [-0.05, 0) is 6.92 Å². The molecule has 1 aromatic rings. The summed E-state index contributed by atoms with van der Waals surface area (Å²) in [7, 11) is 0. The fraction of sp³-hybridized carbons (Fsp3) is 0.333. The van der Waals surface area contributed by atoms with Crippen molar-refractivity contribution in [2.24, 2.45) is 0 Å². The minimum absolute atomic E-state index is 0.198. The molecule has 0 unspecified atom stereocenters. The van der Waals surface area contributed by atoms with Crippen LogP contribution in [0.3, 0.4) is 0 Å². The van der Waals surface area contributed by atoms with Crippen LogP contribution < -0.4 is 10.2 Å². The third kappa shape index (κ3) is 1.48. The highest BCUT2D eigenvalue weighted by atomic mass is 16.4. The van der Waals surface area contributed by atoms with Gasteiger partial charge in [0.2, 0.25) is 0 Å². The molecule has 1 aromatic heterocycles. The topological polar surface area (TPSA) is 111 Å². The lowest BCUT2D eigenvalue weighted by Crippen LogP contribution is -2.31. The fourth-order valence-corrected chi connectivity index (χ4v) is 0.874. The highest BCUT2D eigenvalue weighted by molar-refractivity contribution is 5.96. The number of carbonyl (C=O) groups excluding carboxylic acids is 2. The second-order valence-electron chi connectivity index (χ2n) is 2.18. The Morgan fingerprint density at radius 3 is 2.38 bits per heavy atom. The minimum Gasteiger partial charge on any atom is -0.543 e. The van der Waals surface area contributed by atoms with Gasteiger partial charge in [0.1, 0.15) is 11.4 Å². The van der Waals surface area contributed by atoms with Gasteiger partial charge in [-0.2, -0.15) is 0 Å². The number of aryl methyl sites for hydroxylation is 1. The van der Waals surface area contributed by atoms with Crippen LogP contribution in [0.2, 0.25) is 0 Å². The zero-order valence-corrected chi connectivity index (χ0v) is 6.68. The van der Waals surface area contributed by atoms with E-state index in [1.807, 2.05) is 0 Å². The summed E-state index contributed by atoms with van der Waals surface area (Å²) in [6.45, 7) is 1.80. The number of hydrogen-bond acceptors (Lipinski definition) is 6. The molecular weight excluding hydrogens is 178 g/mol. The van der Waals surface area contributed by atoms with Gasteiger partial charge in [0.25, 0.3) is 0 Å². The Balaban J connectivity index is 3.30. The predicted octanol–water partition coefficient (Wildman–Crippen LogP) is -2.97. The molecule has 0 N–H and O–H groups in total. The van der Waals surface area contributed by atoms with E-state index in [0.717, 1.165) is 4.68 Å². The second kappa shape index (κ2) is 3.21. The Morgan fingerprint density at radius 1 is 1.38 bits per heavy atom. The van der Waals surface area contributed by atoms with Gasteiger partial charge in [-0.1, -0.05) is 5.21 Å². The summed E-state index contributed by atoms with van der Waals surface area (Å²) >= 11 is 0. The van der Waals surface area contributed by atoms with Crippen molar-refractivity contribution < 1.29 is 19.8 Å². The lowest BCUT2D eigenvalue weighted by Gasteiger charge is -2.06. The van der Waals surface area contributed by atoms with Crippen LogP contribution in [-0.2, 0) is 6.54 Å². The van der Waals surface area contributed by atoms with Gasteiger partial charge in [-0.15, -0.1) is 5.10 Å². The molecule has 0 atom stereocenters. The number of hydrogen-bond donors (Lipinski definition) is 0. The van der Waals surface area contributed by atoms with Crippen molar-refractivity contribution in [2.75, 3.05) is 0 Å². The first-order valence-electron chi connectivity index (χ1n) is 3.44. The van der Waals surface area contributed by atoms with Crippen LogP contribution >= 0.6 is 0 Å². The van der Waals surface area contributed by atoms with Crippen molar-refractivity contribution in [1.82, 2.24) is 15.0 Å². The molecule has 7 nitrogen and oxygen atoms in total. The molecule has 0 bridgehead atoms. The second-order valence-corrected chi connectivity index (χ2v) is 2.18. The van der Waals surface area contributed by atoms with E-state index in [9.17, 15) is 19.8 Å². The molecule has 0 saturated carbocycles. The number of carboxylic acid groups (broad SMARTS) is 2. The monoisotopic (exact) mass is 183 g/mol. The van der Waals surface area contributed by atoms with Gasteiger partial charge in [-0.3, -0.25) is 0 Å². The number of carboxylic acids is 2. The van der Waals surface area contributed by atoms with E-state index in [2.05, 4.69) is 10.3 Å². The number of nitrogens with zero attached hydrogens (tertiary/aromatic N) is 3. The Kier molecular flexibility index (Phi) is 2.27. The SMILES string of the molecule is CCn1nnc(C(=O)[O-])c1C(=O)[O-]. The lowest BCUT2D eigenvalue weighted by atomic mass is 10.3. The molecule has 0 amide bonds. The highest BCUT2D eigenvalue weighted by Crippen LogP contribution is 2.02. The molecule has 0 aliphatic heterocycles. The molecule has 0 radical (unpaired) electrons. The molecule has 0 fully saturated rings. The van der Waals surface area contributed by atoms with E-state index in [0.29, 0.717) is 0 Å². The summed E-state index contributed by atoms with van der Waals surface area (Å²) in [6.07, 6.45) is 0. The van der Waals surface area contributed by atoms with Gasteiger partial charge in [0.05, 0.1) is 11.9 Å². The molecule has 13 heavy (non-hydrogen) atoms. The molecule has 0 saturated heterocycles. The largest absolute Gasteiger partial charge is 0.543 e. The first-order chi connectivity index (χ1) is 6.07. The summed E-state index contributed by atoms with van der Waals surface area (Å²) < 4.78 is 0.917. The third-order valence-corrected chi connectivity index (χ3v) is 1.42. The summed E-state index contributed by atoms with van der Waals surface area (Å²) in [5, 5.41) is 27.2. The summed E-state index contributed by atoms with van der Waals surface area (Å²) in [4.78, 5) is 20.8. The number of aromatic nitrogens is 3. The maximum Gasteiger partial charge on any atom is 0.137 e. The smallest absolute Gasteiger partial charge is 0.137 e. The van der Waals surface area contributed by atoms with Crippen LogP contribution in [0, 0.1) is 0 Å². The molecule has 7 heteroatoms. The molecule has 0 aromatic carbocycles. The van der Waals surface area contributed by atoms with Crippen molar-refractivity contribution in [1.29, 1.82) is 0 Å². The molecule has 0 aliphatic carbocycles. The first-order valence-corrected chi connectivity index (χ1v) is 3.44. The van der Waals surface area contributed by atoms with E-state index >= 15 is 0 Å². The summed E-state index contributed by atoms with van der Waals surface area (Å²) in [5.41, 5.74) is -1.27. The van der Waals surface area contributed by atoms with Crippen molar-refractivity contribution in [2.45, 2.75) is 13.5 Å². The van der Waals surface area contributed by atoms with E-state index < -0.39 is 23.3 Å². The first kappa shape index (κ1) is 9.17. The predicted molar refractivity (Wildman–Crippen MR) is 34.4 cm³/mol. The van der Waals surface area contributed by atoms with Crippen LogP contribution in [0.5, 0.6) is 0 Å².